The van der Waals surface area contributed by atoms with E-state index < -0.39 is 0 Å². The average molecular weight is 273 g/mol. The highest BCUT2D eigenvalue weighted by Crippen LogP contribution is 2.15. The van der Waals surface area contributed by atoms with Crippen LogP contribution < -0.4 is 5.32 Å². The molecule has 5 heteroatoms. The predicted molar refractivity (Wildman–Crippen MR) is 77.2 cm³/mol. The molecular weight excluding hydrogens is 248 g/mol. The van der Waals surface area contributed by atoms with E-state index in [9.17, 15) is 0 Å². The van der Waals surface area contributed by atoms with Crippen LogP contribution in [0.3, 0.4) is 0 Å². The van der Waals surface area contributed by atoms with Gasteiger partial charge < -0.3 is 5.32 Å². The minimum Gasteiger partial charge on any atom is -0.315 e. The number of aromatic nitrogens is 2. The molecule has 1 aromatic heterocycles. The van der Waals surface area contributed by atoms with Crippen molar-refractivity contribution in [3.05, 3.63) is 17.5 Å². The summed E-state index contributed by atoms with van der Waals surface area (Å²) in [6.07, 6.45) is 4.65. The van der Waals surface area contributed by atoms with Crippen LogP contribution in [0.25, 0.3) is 0 Å². The summed E-state index contributed by atoms with van der Waals surface area (Å²) < 4.78 is 1.92. The van der Waals surface area contributed by atoms with Gasteiger partial charge in [-0.2, -0.15) is 5.10 Å². The Balaban J connectivity index is 0.00000162. The Labute approximate surface area is 116 Å². The lowest BCUT2D eigenvalue weighted by Gasteiger charge is -2.27. The van der Waals surface area contributed by atoms with E-state index >= 15 is 0 Å². The summed E-state index contributed by atoms with van der Waals surface area (Å²) in [5, 5.41) is 7.88. The van der Waals surface area contributed by atoms with Gasteiger partial charge in [0.15, 0.2) is 0 Å². The number of rotatable bonds is 5. The van der Waals surface area contributed by atoms with Crippen molar-refractivity contribution in [3.8, 4) is 0 Å². The van der Waals surface area contributed by atoms with Crippen LogP contribution in [0.4, 0.5) is 0 Å². The topological polar surface area (TPSA) is 33.1 Å². The van der Waals surface area contributed by atoms with Crippen LogP contribution >= 0.6 is 12.4 Å². The molecule has 4 nitrogen and oxygen atoms in total. The first-order valence-electron chi connectivity index (χ1n) is 6.64. The highest BCUT2D eigenvalue weighted by Gasteiger charge is 2.22. The van der Waals surface area contributed by atoms with Crippen LogP contribution in [0.5, 0.6) is 0 Å². The Kier molecular flexibility index (Phi) is 6.12. The first kappa shape index (κ1) is 15.5. The quantitative estimate of drug-likeness (QED) is 0.886. The first-order chi connectivity index (χ1) is 8.20. The van der Waals surface area contributed by atoms with Gasteiger partial charge in [0.1, 0.15) is 0 Å². The van der Waals surface area contributed by atoms with Crippen LogP contribution in [0, 0.1) is 6.92 Å². The third kappa shape index (κ3) is 3.70. The summed E-state index contributed by atoms with van der Waals surface area (Å²) in [5.74, 6) is 0. The lowest BCUT2D eigenvalue weighted by atomic mass is 10.1. The molecule has 1 aromatic rings. The lowest BCUT2D eigenvalue weighted by Crippen LogP contribution is -2.37. The Bertz CT molecular complexity index is 358. The van der Waals surface area contributed by atoms with E-state index in [1.54, 1.807) is 0 Å². The molecular formula is C13H25ClN4. The van der Waals surface area contributed by atoms with Gasteiger partial charge in [0.25, 0.3) is 0 Å². The first-order valence-corrected chi connectivity index (χ1v) is 6.64. The van der Waals surface area contributed by atoms with E-state index in [1.165, 1.54) is 30.6 Å². The molecule has 0 aromatic carbocycles. The minimum absolute atomic E-state index is 0. The van der Waals surface area contributed by atoms with Crippen molar-refractivity contribution in [1.29, 1.82) is 0 Å². The molecule has 1 fully saturated rings. The monoisotopic (exact) mass is 272 g/mol. The van der Waals surface area contributed by atoms with Gasteiger partial charge >= 0.3 is 0 Å². The van der Waals surface area contributed by atoms with Gasteiger partial charge in [-0.05, 0) is 32.9 Å². The number of nitrogens with one attached hydrogen (secondary N) is 1. The fraction of sp³-hybridized carbons (Fsp3) is 0.769. The number of aryl methyl sites for hydroxylation is 2. The highest BCUT2D eigenvalue weighted by atomic mass is 35.5. The smallest absolute Gasteiger partial charge is 0.0638 e. The van der Waals surface area contributed by atoms with E-state index in [1.807, 2.05) is 11.7 Å². The number of nitrogens with zero attached hydrogens (tertiary/aromatic N) is 3. The van der Waals surface area contributed by atoms with Gasteiger partial charge in [-0.3, -0.25) is 9.58 Å². The molecule has 1 aliphatic heterocycles. The molecule has 2 rings (SSSR count). The molecule has 18 heavy (non-hydrogen) atoms. The van der Waals surface area contributed by atoms with E-state index in [0.717, 1.165) is 19.6 Å². The normalized spacial score (nSPS) is 19.2. The molecule has 1 N–H and O–H groups in total. The molecule has 104 valence electrons. The number of halogens is 1. The van der Waals surface area contributed by atoms with Crippen LogP contribution in [0.2, 0.25) is 0 Å². The van der Waals surface area contributed by atoms with Crippen molar-refractivity contribution >= 4 is 12.4 Å². The summed E-state index contributed by atoms with van der Waals surface area (Å²) in [5.41, 5.74) is 2.53. The fourth-order valence-electron chi connectivity index (χ4n) is 2.65. The molecule has 0 radical (unpaired) electrons. The van der Waals surface area contributed by atoms with Crippen LogP contribution in [0.1, 0.15) is 31.0 Å². The standard InChI is InChI=1S/C13H24N4.ClH/c1-4-7-17(13-5-6-14-8-13)10-12-9-16(3)15-11(12)2;/h9,13-14H,4-8,10H2,1-3H3;1H. The number of hydrogen-bond acceptors (Lipinski definition) is 3. The maximum Gasteiger partial charge on any atom is 0.0638 e. The van der Waals surface area contributed by atoms with E-state index in [4.69, 9.17) is 0 Å². The molecule has 2 heterocycles. The van der Waals surface area contributed by atoms with E-state index in [2.05, 4.69) is 35.4 Å². The van der Waals surface area contributed by atoms with Crippen LogP contribution in [-0.4, -0.2) is 40.4 Å². The summed E-state index contributed by atoms with van der Waals surface area (Å²) in [4.78, 5) is 2.60. The van der Waals surface area contributed by atoms with Crippen molar-refractivity contribution in [3.63, 3.8) is 0 Å². The van der Waals surface area contributed by atoms with Crippen molar-refractivity contribution in [2.75, 3.05) is 19.6 Å². The zero-order valence-electron chi connectivity index (χ0n) is 11.6. The summed E-state index contributed by atoms with van der Waals surface area (Å²) >= 11 is 0. The van der Waals surface area contributed by atoms with Crippen LogP contribution in [-0.2, 0) is 13.6 Å². The molecule has 1 aliphatic rings. The molecule has 1 saturated heterocycles. The third-order valence-electron chi connectivity index (χ3n) is 3.55. The number of hydrogen-bond donors (Lipinski definition) is 1. The summed E-state index contributed by atoms with van der Waals surface area (Å²) in [6.45, 7) is 8.88. The third-order valence-corrected chi connectivity index (χ3v) is 3.55. The SMILES string of the molecule is CCCN(Cc1cn(C)nc1C)C1CCNC1.Cl. The van der Waals surface area contributed by atoms with Gasteiger partial charge in [0.05, 0.1) is 5.69 Å². The second-order valence-electron chi connectivity index (χ2n) is 5.03. The zero-order valence-corrected chi connectivity index (χ0v) is 12.5. The van der Waals surface area contributed by atoms with Gasteiger partial charge in [-0.1, -0.05) is 6.92 Å². The highest BCUT2D eigenvalue weighted by molar-refractivity contribution is 5.85. The summed E-state index contributed by atoms with van der Waals surface area (Å²) in [7, 11) is 2.00. The van der Waals surface area contributed by atoms with Crippen molar-refractivity contribution in [1.82, 2.24) is 20.0 Å². The lowest BCUT2D eigenvalue weighted by molar-refractivity contribution is 0.199. The Hall–Kier alpha value is -0.580. The second-order valence-corrected chi connectivity index (χ2v) is 5.03. The van der Waals surface area contributed by atoms with E-state index in [-0.39, 0.29) is 12.4 Å². The largest absolute Gasteiger partial charge is 0.315 e. The molecule has 0 saturated carbocycles. The molecule has 0 aliphatic carbocycles. The Morgan fingerprint density at radius 2 is 2.33 bits per heavy atom. The second kappa shape index (κ2) is 7.12. The predicted octanol–water partition coefficient (Wildman–Crippen LogP) is 1.72. The van der Waals surface area contributed by atoms with Crippen molar-refractivity contribution in [2.24, 2.45) is 7.05 Å². The molecule has 1 unspecified atom stereocenters. The average Bonchev–Trinajstić information content (AvgIpc) is 2.88. The zero-order chi connectivity index (χ0) is 12.3. The van der Waals surface area contributed by atoms with Gasteiger partial charge in [0, 0.05) is 37.9 Å². The van der Waals surface area contributed by atoms with Crippen molar-refractivity contribution < 1.29 is 0 Å². The van der Waals surface area contributed by atoms with Gasteiger partial charge in [0.2, 0.25) is 0 Å². The maximum atomic E-state index is 4.43. The van der Waals surface area contributed by atoms with Gasteiger partial charge in [-0.25, -0.2) is 0 Å². The van der Waals surface area contributed by atoms with Crippen molar-refractivity contribution in [2.45, 2.75) is 39.3 Å². The molecule has 0 bridgehead atoms. The molecule has 1 atom stereocenters. The summed E-state index contributed by atoms with van der Waals surface area (Å²) in [6, 6.07) is 0.703. The van der Waals surface area contributed by atoms with Crippen LogP contribution in [0.15, 0.2) is 6.20 Å². The minimum atomic E-state index is 0. The molecule has 0 amide bonds. The van der Waals surface area contributed by atoms with Gasteiger partial charge in [-0.15, -0.1) is 12.4 Å². The fourth-order valence-corrected chi connectivity index (χ4v) is 2.65. The maximum absolute atomic E-state index is 4.43. The molecule has 0 spiro atoms. The van der Waals surface area contributed by atoms with E-state index in [0.29, 0.717) is 6.04 Å². The Morgan fingerprint density at radius 1 is 1.56 bits per heavy atom. The Morgan fingerprint density at radius 3 is 2.83 bits per heavy atom.